The summed E-state index contributed by atoms with van der Waals surface area (Å²) in [5.74, 6) is -0.564. The van der Waals surface area contributed by atoms with E-state index in [1.54, 1.807) is 18.2 Å². The zero-order chi connectivity index (χ0) is 22.5. The van der Waals surface area contributed by atoms with E-state index in [0.29, 0.717) is 17.5 Å². The summed E-state index contributed by atoms with van der Waals surface area (Å²) in [6.07, 6.45) is -1.39. The van der Waals surface area contributed by atoms with Gasteiger partial charge in [-0.15, -0.1) is 0 Å². The average Bonchev–Trinajstić information content (AvgIpc) is 3.18. The predicted octanol–water partition coefficient (Wildman–Crippen LogP) is 4.55. The maximum Gasteiger partial charge on any atom is 0.297 e. The van der Waals surface area contributed by atoms with Crippen LogP contribution in [0.25, 0.3) is 0 Å². The third-order valence-corrected chi connectivity index (χ3v) is 7.58. The second-order valence-corrected chi connectivity index (χ2v) is 9.99. The highest BCUT2D eigenvalue weighted by Gasteiger charge is 2.43. The van der Waals surface area contributed by atoms with Crippen LogP contribution >= 0.6 is 0 Å². The van der Waals surface area contributed by atoms with Crippen molar-refractivity contribution in [2.45, 2.75) is 42.5 Å². The van der Waals surface area contributed by atoms with E-state index in [4.69, 9.17) is 8.92 Å². The van der Waals surface area contributed by atoms with Crippen molar-refractivity contribution in [3.8, 4) is 0 Å². The van der Waals surface area contributed by atoms with Gasteiger partial charge in [0.25, 0.3) is 10.1 Å². The molecular formula is C25H23FO5S. The minimum absolute atomic E-state index is 0.0937. The van der Waals surface area contributed by atoms with E-state index in [1.165, 1.54) is 24.3 Å². The molecular weight excluding hydrogens is 431 g/mol. The van der Waals surface area contributed by atoms with E-state index in [1.807, 2.05) is 31.2 Å². The molecule has 0 saturated carbocycles. The molecule has 0 amide bonds. The number of aliphatic hydroxyl groups is 1. The summed E-state index contributed by atoms with van der Waals surface area (Å²) in [6, 6.07) is 18.3. The van der Waals surface area contributed by atoms with Crippen LogP contribution in [0.2, 0.25) is 0 Å². The molecule has 166 valence electrons. The molecule has 1 aliphatic carbocycles. The number of ether oxygens (including phenoxy) is 1. The fourth-order valence-electron chi connectivity index (χ4n) is 4.70. The molecule has 7 heteroatoms. The van der Waals surface area contributed by atoms with Gasteiger partial charge < -0.3 is 9.84 Å². The largest absolute Gasteiger partial charge is 0.384 e. The molecule has 1 heterocycles. The summed E-state index contributed by atoms with van der Waals surface area (Å²) in [4.78, 5) is 0.0937. The minimum Gasteiger partial charge on any atom is -0.384 e. The average molecular weight is 455 g/mol. The fraction of sp³-hybridized carbons (Fsp3) is 0.280. The number of hydrogen-bond donors (Lipinski definition) is 1. The Labute approximate surface area is 186 Å². The molecule has 1 unspecified atom stereocenters. The van der Waals surface area contributed by atoms with Crippen molar-refractivity contribution in [2.75, 3.05) is 6.61 Å². The van der Waals surface area contributed by atoms with E-state index in [2.05, 4.69) is 0 Å². The molecule has 1 saturated heterocycles. The zero-order valence-electron chi connectivity index (χ0n) is 17.4. The van der Waals surface area contributed by atoms with E-state index in [-0.39, 0.29) is 17.4 Å². The number of halogens is 1. The molecule has 0 bridgehead atoms. The normalized spacial score (nSPS) is 24.3. The molecule has 0 radical (unpaired) electrons. The number of fused-ring (bicyclic) bond motifs is 5. The summed E-state index contributed by atoms with van der Waals surface area (Å²) >= 11 is 0. The lowest BCUT2D eigenvalue weighted by Gasteiger charge is -2.19. The smallest absolute Gasteiger partial charge is 0.297 e. The monoisotopic (exact) mass is 454 g/mol. The zero-order valence-corrected chi connectivity index (χ0v) is 18.3. The molecule has 4 atom stereocenters. The van der Waals surface area contributed by atoms with Crippen LogP contribution in [0.1, 0.15) is 52.4 Å². The van der Waals surface area contributed by atoms with Gasteiger partial charge in [0.1, 0.15) is 11.9 Å². The fourth-order valence-corrected chi connectivity index (χ4v) is 5.63. The Morgan fingerprint density at radius 3 is 2.44 bits per heavy atom. The van der Waals surface area contributed by atoms with Gasteiger partial charge in [-0.05, 0) is 59.9 Å². The van der Waals surface area contributed by atoms with Gasteiger partial charge in [0, 0.05) is 5.92 Å². The topological polar surface area (TPSA) is 72.8 Å². The Morgan fingerprint density at radius 1 is 1.00 bits per heavy atom. The minimum atomic E-state index is -3.92. The van der Waals surface area contributed by atoms with Crippen LogP contribution in [-0.2, 0) is 19.0 Å². The van der Waals surface area contributed by atoms with E-state index >= 15 is 0 Å². The molecule has 0 spiro atoms. The van der Waals surface area contributed by atoms with Gasteiger partial charge in [-0.1, -0.05) is 48.0 Å². The standard InChI is InChI=1S/C25H23FO5S/c1-15-6-9-18(10-7-15)32(28,29)30-14-17-13-23-19-4-2-3-5-20(19)24(27)21-11-8-16(26)12-22(21)25(23)31-17/h2-12,17,23-25,27H,13-14H2,1H3/t17-,23-,24?,25-/m1/s1. The van der Waals surface area contributed by atoms with Crippen molar-refractivity contribution in [3.05, 3.63) is 100 Å². The van der Waals surface area contributed by atoms with Crippen molar-refractivity contribution in [1.82, 2.24) is 0 Å². The van der Waals surface area contributed by atoms with E-state index in [0.717, 1.165) is 16.7 Å². The highest BCUT2D eigenvalue weighted by Crippen LogP contribution is 2.51. The first-order chi connectivity index (χ1) is 15.3. The quantitative estimate of drug-likeness (QED) is 0.586. The molecule has 1 N–H and O–H groups in total. The Balaban J connectivity index is 1.44. The summed E-state index contributed by atoms with van der Waals surface area (Å²) in [7, 11) is -3.92. The van der Waals surface area contributed by atoms with Crippen molar-refractivity contribution in [3.63, 3.8) is 0 Å². The first-order valence-electron chi connectivity index (χ1n) is 10.5. The summed E-state index contributed by atoms with van der Waals surface area (Å²) in [5.41, 5.74) is 3.81. The number of rotatable bonds is 4. The van der Waals surface area contributed by atoms with Crippen molar-refractivity contribution in [1.29, 1.82) is 0 Å². The SMILES string of the molecule is Cc1ccc(S(=O)(=O)OC[C@H]2C[C@@H]3c4ccccc4C(O)c4ccc(F)cc4[C@H]3O2)cc1. The van der Waals surface area contributed by atoms with Gasteiger partial charge in [-0.2, -0.15) is 8.42 Å². The molecule has 5 rings (SSSR count). The molecule has 1 aliphatic heterocycles. The van der Waals surface area contributed by atoms with Crippen LogP contribution in [0, 0.1) is 12.7 Å². The van der Waals surface area contributed by atoms with Crippen LogP contribution in [-0.4, -0.2) is 26.2 Å². The Kier molecular flexibility index (Phi) is 5.37. The maximum absolute atomic E-state index is 14.1. The lowest BCUT2D eigenvalue weighted by molar-refractivity contribution is 0.0152. The first kappa shape index (κ1) is 21.3. The van der Waals surface area contributed by atoms with Gasteiger partial charge in [0.2, 0.25) is 0 Å². The van der Waals surface area contributed by atoms with Gasteiger partial charge in [-0.3, -0.25) is 4.18 Å². The maximum atomic E-state index is 14.1. The molecule has 1 fully saturated rings. The lowest BCUT2D eigenvalue weighted by Crippen LogP contribution is -2.19. The molecule has 3 aromatic carbocycles. The van der Waals surface area contributed by atoms with Gasteiger partial charge in [0.15, 0.2) is 0 Å². The van der Waals surface area contributed by atoms with Crippen LogP contribution in [0.4, 0.5) is 4.39 Å². The number of benzene rings is 3. The number of aryl methyl sites for hydroxylation is 1. The Hall–Kier alpha value is -2.58. The van der Waals surface area contributed by atoms with E-state index in [9.17, 15) is 17.9 Å². The predicted molar refractivity (Wildman–Crippen MR) is 116 cm³/mol. The molecule has 5 nitrogen and oxygen atoms in total. The Morgan fingerprint density at radius 2 is 1.69 bits per heavy atom. The van der Waals surface area contributed by atoms with Gasteiger partial charge >= 0.3 is 0 Å². The molecule has 3 aromatic rings. The van der Waals surface area contributed by atoms with Crippen molar-refractivity contribution in [2.24, 2.45) is 0 Å². The van der Waals surface area contributed by atoms with Crippen LogP contribution < -0.4 is 0 Å². The third kappa shape index (κ3) is 3.75. The van der Waals surface area contributed by atoms with Gasteiger partial charge in [0.05, 0.1) is 23.7 Å². The lowest BCUT2D eigenvalue weighted by atomic mass is 9.87. The van der Waals surface area contributed by atoms with Gasteiger partial charge in [-0.25, -0.2) is 4.39 Å². The number of aliphatic hydroxyl groups excluding tert-OH is 1. The van der Waals surface area contributed by atoms with Crippen LogP contribution in [0.15, 0.2) is 71.6 Å². The van der Waals surface area contributed by atoms with Crippen LogP contribution in [0.5, 0.6) is 0 Å². The highest BCUT2D eigenvalue weighted by atomic mass is 32.2. The highest BCUT2D eigenvalue weighted by molar-refractivity contribution is 7.86. The second-order valence-electron chi connectivity index (χ2n) is 8.38. The van der Waals surface area contributed by atoms with Crippen LogP contribution in [0.3, 0.4) is 0 Å². The summed E-state index contributed by atoms with van der Waals surface area (Å²) < 4.78 is 50.8. The molecule has 2 aliphatic rings. The number of hydrogen-bond acceptors (Lipinski definition) is 5. The molecule has 0 aromatic heterocycles. The van der Waals surface area contributed by atoms with Crippen molar-refractivity contribution < 1.29 is 26.8 Å². The first-order valence-corrected chi connectivity index (χ1v) is 11.9. The summed E-state index contributed by atoms with van der Waals surface area (Å²) in [6.45, 7) is 1.74. The van der Waals surface area contributed by atoms with Crippen molar-refractivity contribution >= 4 is 10.1 Å². The third-order valence-electron chi connectivity index (χ3n) is 6.28. The molecule has 32 heavy (non-hydrogen) atoms. The second kappa shape index (κ2) is 8.08. The van der Waals surface area contributed by atoms with E-state index < -0.39 is 34.2 Å². The Bertz CT molecular complexity index is 1260. The summed E-state index contributed by atoms with van der Waals surface area (Å²) in [5, 5.41) is 11.0.